The average Bonchev–Trinajstić information content (AvgIpc) is 3.05. The molecule has 3 aromatic rings. The number of hydrogen-bond donors (Lipinski definition) is 1. The molecule has 0 spiro atoms. The smallest absolute Gasteiger partial charge is 0.217 e. The summed E-state index contributed by atoms with van der Waals surface area (Å²) in [6, 6.07) is 8.17. The van der Waals surface area contributed by atoms with Crippen LogP contribution in [0.1, 0.15) is 22.4 Å². The summed E-state index contributed by atoms with van der Waals surface area (Å²) in [5, 5.41) is 5.64. The van der Waals surface area contributed by atoms with Crippen molar-refractivity contribution in [1.29, 1.82) is 0 Å². The van der Waals surface area contributed by atoms with Crippen LogP contribution in [0.2, 0.25) is 0 Å². The Bertz CT molecular complexity index is 749. The minimum absolute atomic E-state index is 0.0781. The van der Waals surface area contributed by atoms with E-state index < -0.39 is 0 Å². The van der Waals surface area contributed by atoms with Crippen LogP contribution >= 0.6 is 27.3 Å². The largest absolute Gasteiger partial charge is 0.437 e. The zero-order valence-corrected chi connectivity index (χ0v) is 12.4. The maximum absolute atomic E-state index is 5.95. The Morgan fingerprint density at radius 3 is 3.21 bits per heavy atom. The number of nitrogens with zero attached hydrogens (tertiary/aromatic N) is 1. The second-order valence-corrected chi connectivity index (χ2v) is 6.43. The monoisotopic (exact) mass is 334 g/mol. The first-order valence-corrected chi connectivity index (χ1v) is 7.85. The summed E-state index contributed by atoms with van der Waals surface area (Å²) in [5.74, 6) is 0.751. The molecule has 1 aliphatic rings. The van der Waals surface area contributed by atoms with E-state index in [0.29, 0.717) is 0 Å². The van der Waals surface area contributed by atoms with Gasteiger partial charge in [0.25, 0.3) is 0 Å². The summed E-state index contributed by atoms with van der Waals surface area (Å²) in [6.45, 7) is 0.970. The predicted octanol–water partition coefficient (Wildman–Crippen LogP) is 3.89. The lowest BCUT2D eigenvalue weighted by atomic mass is 10.0. The van der Waals surface area contributed by atoms with E-state index in [9.17, 15) is 0 Å². The molecule has 0 saturated heterocycles. The number of fused-ring (bicyclic) bond motifs is 2. The van der Waals surface area contributed by atoms with Crippen molar-refractivity contribution in [1.82, 2.24) is 10.3 Å². The van der Waals surface area contributed by atoms with Crippen LogP contribution in [0.25, 0.3) is 11.1 Å². The standard InChI is InChI=1S/C14H11BrN2OS/c15-9-2-1-3-10-13(9)18-14(17-10)12-8-5-7-19-11(8)4-6-16-12/h1-3,5,7,12,16H,4,6H2. The van der Waals surface area contributed by atoms with E-state index in [-0.39, 0.29) is 6.04 Å². The van der Waals surface area contributed by atoms with Crippen molar-refractivity contribution in [3.05, 3.63) is 50.4 Å². The topological polar surface area (TPSA) is 38.1 Å². The predicted molar refractivity (Wildman–Crippen MR) is 79.6 cm³/mol. The first-order valence-electron chi connectivity index (χ1n) is 6.17. The van der Waals surface area contributed by atoms with Gasteiger partial charge in [0.15, 0.2) is 5.58 Å². The molecule has 0 aliphatic carbocycles. The third-order valence-electron chi connectivity index (χ3n) is 3.42. The second kappa shape index (κ2) is 4.44. The van der Waals surface area contributed by atoms with Gasteiger partial charge in [-0.1, -0.05) is 6.07 Å². The maximum Gasteiger partial charge on any atom is 0.217 e. The average molecular weight is 335 g/mol. The summed E-state index contributed by atoms with van der Waals surface area (Å²) in [4.78, 5) is 6.06. The van der Waals surface area contributed by atoms with Crippen molar-refractivity contribution in [2.45, 2.75) is 12.5 Å². The van der Waals surface area contributed by atoms with Gasteiger partial charge >= 0.3 is 0 Å². The van der Waals surface area contributed by atoms with Crippen molar-refractivity contribution in [2.24, 2.45) is 0 Å². The molecule has 0 amide bonds. The van der Waals surface area contributed by atoms with E-state index in [1.54, 1.807) is 0 Å². The lowest BCUT2D eigenvalue weighted by Gasteiger charge is -2.21. The molecule has 1 aromatic carbocycles. The van der Waals surface area contributed by atoms with E-state index in [1.807, 2.05) is 29.5 Å². The fourth-order valence-electron chi connectivity index (χ4n) is 2.53. The van der Waals surface area contributed by atoms with Gasteiger partial charge in [0.2, 0.25) is 5.89 Å². The molecule has 1 N–H and O–H groups in total. The lowest BCUT2D eigenvalue weighted by Crippen LogP contribution is -2.29. The number of oxazole rings is 1. The van der Waals surface area contributed by atoms with Crippen LogP contribution in [0.4, 0.5) is 0 Å². The molecule has 2 aromatic heterocycles. The van der Waals surface area contributed by atoms with Crippen LogP contribution in [0, 0.1) is 0 Å². The first kappa shape index (κ1) is 11.6. The molecule has 1 unspecified atom stereocenters. The molecular formula is C14H11BrN2OS. The normalized spacial score (nSPS) is 18.7. The van der Waals surface area contributed by atoms with Gasteiger partial charge in [0, 0.05) is 11.4 Å². The summed E-state index contributed by atoms with van der Waals surface area (Å²) >= 11 is 5.32. The molecule has 0 radical (unpaired) electrons. The fraction of sp³-hybridized carbons (Fsp3) is 0.214. The van der Waals surface area contributed by atoms with Gasteiger partial charge in [-0.05, 0) is 51.5 Å². The molecule has 96 valence electrons. The Morgan fingerprint density at radius 2 is 2.32 bits per heavy atom. The number of nitrogens with one attached hydrogen (secondary N) is 1. The number of para-hydroxylation sites is 1. The highest BCUT2D eigenvalue weighted by atomic mass is 79.9. The van der Waals surface area contributed by atoms with Crippen LogP contribution in [-0.4, -0.2) is 11.5 Å². The molecule has 0 fully saturated rings. The van der Waals surface area contributed by atoms with Crippen LogP contribution in [-0.2, 0) is 6.42 Å². The van der Waals surface area contributed by atoms with Crippen LogP contribution in [0.15, 0.2) is 38.5 Å². The third kappa shape index (κ3) is 1.84. The Kier molecular flexibility index (Phi) is 2.72. The number of aromatic nitrogens is 1. The van der Waals surface area contributed by atoms with Gasteiger partial charge in [-0.15, -0.1) is 11.3 Å². The van der Waals surface area contributed by atoms with Crippen molar-refractivity contribution >= 4 is 38.4 Å². The first-order chi connectivity index (χ1) is 9.33. The SMILES string of the molecule is Brc1cccc2nc(C3NCCc4sccc43)oc12. The second-order valence-electron chi connectivity index (χ2n) is 4.58. The van der Waals surface area contributed by atoms with E-state index in [2.05, 4.69) is 37.7 Å². The van der Waals surface area contributed by atoms with Crippen LogP contribution in [0.5, 0.6) is 0 Å². The highest BCUT2D eigenvalue weighted by Crippen LogP contribution is 2.34. The fourth-order valence-corrected chi connectivity index (χ4v) is 3.88. The summed E-state index contributed by atoms with van der Waals surface area (Å²) < 4.78 is 6.90. The van der Waals surface area contributed by atoms with E-state index in [4.69, 9.17) is 4.42 Å². The molecule has 1 atom stereocenters. The molecule has 3 heterocycles. The number of halogens is 1. The Balaban J connectivity index is 1.86. The van der Waals surface area contributed by atoms with Crippen LogP contribution < -0.4 is 5.32 Å². The molecule has 5 heteroatoms. The summed E-state index contributed by atoms with van der Waals surface area (Å²) in [6.07, 6.45) is 1.09. The number of hydrogen-bond acceptors (Lipinski definition) is 4. The molecular weight excluding hydrogens is 324 g/mol. The van der Waals surface area contributed by atoms with Crippen molar-refractivity contribution in [3.63, 3.8) is 0 Å². The third-order valence-corrected chi connectivity index (χ3v) is 5.04. The lowest BCUT2D eigenvalue weighted by molar-refractivity contribution is 0.441. The Labute approximate surface area is 122 Å². The molecule has 0 saturated carbocycles. The Hall–Kier alpha value is -1.17. The molecule has 19 heavy (non-hydrogen) atoms. The van der Waals surface area contributed by atoms with Gasteiger partial charge in [0.05, 0.1) is 4.47 Å². The highest BCUT2D eigenvalue weighted by molar-refractivity contribution is 9.10. The quantitative estimate of drug-likeness (QED) is 0.733. The molecule has 3 nitrogen and oxygen atoms in total. The van der Waals surface area contributed by atoms with E-state index >= 15 is 0 Å². The molecule has 4 rings (SSSR count). The number of thiophene rings is 1. The van der Waals surface area contributed by atoms with Crippen molar-refractivity contribution in [3.8, 4) is 0 Å². The van der Waals surface area contributed by atoms with Gasteiger partial charge in [-0.3, -0.25) is 0 Å². The minimum Gasteiger partial charge on any atom is -0.437 e. The Morgan fingerprint density at radius 1 is 1.37 bits per heavy atom. The minimum atomic E-state index is 0.0781. The van der Waals surface area contributed by atoms with Crippen molar-refractivity contribution in [2.75, 3.05) is 6.54 Å². The van der Waals surface area contributed by atoms with Crippen molar-refractivity contribution < 1.29 is 4.42 Å². The zero-order chi connectivity index (χ0) is 12.8. The highest BCUT2D eigenvalue weighted by Gasteiger charge is 2.26. The van der Waals surface area contributed by atoms with Gasteiger partial charge in [-0.2, -0.15) is 0 Å². The summed E-state index contributed by atoms with van der Waals surface area (Å²) in [5.41, 5.74) is 3.02. The van der Waals surface area contributed by atoms with E-state index in [1.165, 1.54) is 10.4 Å². The number of rotatable bonds is 1. The maximum atomic E-state index is 5.95. The van der Waals surface area contributed by atoms with Gasteiger partial charge in [-0.25, -0.2) is 4.98 Å². The van der Waals surface area contributed by atoms with Crippen LogP contribution in [0.3, 0.4) is 0 Å². The summed E-state index contributed by atoms with van der Waals surface area (Å²) in [7, 11) is 0. The zero-order valence-electron chi connectivity index (χ0n) is 10.0. The number of benzene rings is 1. The molecule has 0 bridgehead atoms. The molecule has 1 aliphatic heterocycles. The van der Waals surface area contributed by atoms with Gasteiger partial charge < -0.3 is 9.73 Å². The van der Waals surface area contributed by atoms with Gasteiger partial charge in [0.1, 0.15) is 11.6 Å². The van der Waals surface area contributed by atoms with E-state index in [0.717, 1.165) is 34.4 Å².